The summed E-state index contributed by atoms with van der Waals surface area (Å²) < 4.78 is 39.2. The minimum Gasteiger partial charge on any atom is -0.497 e. The van der Waals surface area contributed by atoms with E-state index in [4.69, 9.17) is 9.47 Å². The Morgan fingerprint density at radius 1 is 0.786 bits per heavy atom. The number of hydrogen-bond donors (Lipinski definition) is 0. The number of benzene rings is 3. The molecule has 146 valence electrons. The van der Waals surface area contributed by atoms with E-state index in [1.807, 2.05) is 31.2 Å². The van der Waals surface area contributed by atoms with E-state index in [0.717, 1.165) is 5.56 Å². The van der Waals surface area contributed by atoms with E-state index in [9.17, 15) is 8.42 Å². The van der Waals surface area contributed by atoms with Gasteiger partial charge < -0.3 is 9.47 Å². The molecule has 0 saturated carbocycles. The van der Waals surface area contributed by atoms with Gasteiger partial charge in [0.15, 0.2) is 0 Å². The molecule has 0 spiro atoms. The van der Waals surface area contributed by atoms with Crippen LogP contribution >= 0.6 is 0 Å². The van der Waals surface area contributed by atoms with Gasteiger partial charge in [0.25, 0.3) is 10.0 Å². The fourth-order valence-electron chi connectivity index (χ4n) is 3.14. The van der Waals surface area contributed by atoms with Crippen LogP contribution in [0, 0.1) is 0 Å². The van der Waals surface area contributed by atoms with Gasteiger partial charge in [-0.2, -0.15) is 0 Å². The molecule has 0 aliphatic carbocycles. The van der Waals surface area contributed by atoms with Gasteiger partial charge in [-0.15, -0.1) is 0 Å². The predicted octanol–water partition coefficient (Wildman–Crippen LogP) is 4.66. The Labute approximate surface area is 166 Å². The first-order valence-corrected chi connectivity index (χ1v) is 10.3. The Balaban J connectivity index is 2.16. The second-order valence-electron chi connectivity index (χ2n) is 6.23. The van der Waals surface area contributed by atoms with Crippen molar-refractivity contribution >= 4 is 15.7 Å². The number of methoxy groups -OCH3 is 2. The largest absolute Gasteiger partial charge is 0.497 e. The molecule has 1 atom stereocenters. The van der Waals surface area contributed by atoms with Crippen LogP contribution in [-0.4, -0.2) is 22.6 Å². The molecule has 0 heterocycles. The van der Waals surface area contributed by atoms with Crippen LogP contribution in [-0.2, 0) is 10.0 Å². The van der Waals surface area contributed by atoms with E-state index < -0.39 is 16.1 Å². The molecule has 1 unspecified atom stereocenters. The molecule has 0 N–H and O–H groups in total. The molecule has 0 amide bonds. The van der Waals surface area contributed by atoms with Crippen molar-refractivity contribution < 1.29 is 17.9 Å². The molecular formula is C22H23NO4S. The number of anilines is 1. The Kier molecular flexibility index (Phi) is 5.90. The lowest BCUT2D eigenvalue weighted by molar-refractivity contribution is 0.407. The molecule has 0 saturated heterocycles. The molecule has 0 bridgehead atoms. The average Bonchev–Trinajstić information content (AvgIpc) is 2.74. The first-order chi connectivity index (χ1) is 13.5. The summed E-state index contributed by atoms with van der Waals surface area (Å²) in [5.41, 5.74) is 1.32. The van der Waals surface area contributed by atoms with Gasteiger partial charge in [0, 0.05) is 5.56 Å². The Bertz CT molecular complexity index is 1020. The van der Waals surface area contributed by atoms with E-state index in [2.05, 4.69) is 0 Å². The van der Waals surface area contributed by atoms with Crippen LogP contribution in [0.5, 0.6) is 11.5 Å². The SMILES string of the molecule is COc1ccc(N(C(C)c2ccccc2OC)S(=O)(=O)c2ccccc2)cc1. The van der Waals surface area contributed by atoms with Gasteiger partial charge in [0.05, 0.1) is 30.8 Å². The highest BCUT2D eigenvalue weighted by Crippen LogP contribution is 2.37. The molecule has 0 fully saturated rings. The lowest BCUT2D eigenvalue weighted by atomic mass is 10.1. The number of ether oxygens (including phenoxy) is 2. The molecule has 0 radical (unpaired) electrons. The van der Waals surface area contributed by atoms with Gasteiger partial charge in [-0.25, -0.2) is 8.42 Å². The maximum atomic E-state index is 13.6. The lowest BCUT2D eigenvalue weighted by Gasteiger charge is -2.31. The molecule has 5 nitrogen and oxygen atoms in total. The topological polar surface area (TPSA) is 55.8 Å². The third-order valence-electron chi connectivity index (χ3n) is 4.57. The van der Waals surface area contributed by atoms with Crippen molar-refractivity contribution in [3.63, 3.8) is 0 Å². The lowest BCUT2D eigenvalue weighted by Crippen LogP contribution is -2.33. The maximum absolute atomic E-state index is 13.6. The van der Waals surface area contributed by atoms with Gasteiger partial charge >= 0.3 is 0 Å². The molecule has 3 aromatic carbocycles. The van der Waals surface area contributed by atoms with Crippen molar-refractivity contribution in [3.05, 3.63) is 84.4 Å². The van der Waals surface area contributed by atoms with Crippen LogP contribution in [0.25, 0.3) is 0 Å². The zero-order valence-electron chi connectivity index (χ0n) is 16.1. The summed E-state index contributed by atoms with van der Waals surface area (Å²) in [6.45, 7) is 1.85. The van der Waals surface area contributed by atoms with Crippen molar-refractivity contribution in [2.45, 2.75) is 17.9 Å². The first-order valence-electron chi connectivity index (χ1n) is 8.85. The Hall–Kier alpha value is -2.99. The fourth-order valence-corrected chi connectivity index (χ4v) is 4.80. The molecule has 0 aliphatic rings. The van der Waals surface area contributed by atoms with Gasteiger partial charge in [-0.1, -0.05) is 36.4 Å². The second-order valence-corrected chi connectivity index (χ2v) is 8.04. The van der Waals surface area contributed by atoms with Gasteiger partial charge in [-0.3, -0.25) is 4.31 Å². The molecule has 0 aliphatic heterocycles. The summed E-state index contributed by atoms with van der Waals surface area (Å²) in [6.07, 6.45) is 0. The molecular weight excluding hydrogens is 374 g/mol. The third kappa shape index (κ3) is 3.82. The van der Waals surface area contributed by atoms with Crippen LogP contribution in [0.3, 0.4) is 0 Å². The van der Waals surface area contributed by atoms with E-state index in [1.165, 1.54) is 4.31 Å². The van der Waals surface area contributed by atoms with Crippen molar-refractivity contribution in [2.75, 3.05) is 18.5 Å². The zero-order chi connectivity index (χ0) is 20.1. The van der Waals surface area contributed by atoms with Crippen molar-refractivity contribution in [2.24, 2.45) is 0 Å². The van der Waals surface area contributed by atoms with Gasteiger partial charge in [-0.05, 0) is 49.4 Å². The summed E-state index contributed by atoms with van der Waals surface area (Å²) in [5, 5.41) is 0. The van der Waals surface area contributed by atoms with Crippen LogP contribution in [0.1, 0.15) is 18.5 Å². The van der Waals surface area contributed by atoms with E-state index in [0.29, 0.717) is 17.2 Å². The van der Waals surface area contributed by atoms with E-state index >= 15 is 0 Å². The number of para-hydroxylation sites is 1. The summed E-state index contributed by atoms with van der Waals surface area (Å²) in [4.78, 5) is 0.229. The van der Waals surface area contributed by atoms with Crippen molar-refractivity contribution in [1.29, 1.82) is 0 Å². The Morgan fingerprint density at radius 2 is 1.39 bits per heavy atom. The minimum atomic E-state index is -3.81. The molecule has 28 heavy (non-hydrogen) atoms. The van der Waals surface area contributed by atoms with Gasteiger partial charge in [0.2, 0.25) is 0 Å². The fraction of sp³-hybridized carbons (Fsp3) is 0.182. The highest BCUT2D eigenvalue weighted by molar-refractivity contribution is 7.92. The van der Waals surface area contributed by atoms with E-state index in [1.54, 1.807) is 68.8 Å². The maximum Gasteiger partial charge on any atom is 0.264 e. The number of sulfonamides is 1. The quantitative estimate of drug-likeness (QED) is 0.582. The molecule has 6 heteroatoms. The molecule has 3 rings (SSSR count). The number of hydrogen-bond acceptors (Lipinski definition) is 4. The second kappa shape index (κ2) is 8.35. The van der Waals surface area contributed by atoms with Crippen LogP contribution in [0.15, 0.2) is 83.8 Å². The summed E-state index contributed by atoms with van der Waals surface area (Å²) in [6, 6.07) is 22.3. The average molecular weight is 397 g/mol. The summed E-state index contributed by atoms with van der Waals surface area (Å²) in [7, 11) is -0.656. The Morgan fingerprint density at radius 3 is 2.00 bits per heavy atom. The first kappa shape index (κ1) is 19.8. The highest BCUT2D eigenvalue weighted by atomic mass is 32.2. The summed E-state index contributed by atoms with van der Waals surface area (Å²) in [5.74, 6) is 1.29. The minimum absolute atomic E-state index is 0.229. The summed E-state index contributed by atoms with van der Waals surface area (Å²) >= 11 is 0. The smallest absolute Gasteiger partial charge is 0.264 e. The number of rotatable bonds is 7. The predicted molar refractivity (Wildman–Crippen MR) is 111 cm³/mol. The van der Waals surface area contributed by atoms with E-state index in [-0.39, 0.29) is 4.90 Å². The molecule has 3 aromatic rings. The molecule has 0 aromatic heterocycles. The van der Waals surface area contributed by atoms with Crippen LogP contribution < -0.4 is 13.8 Å². The zero-order valence-corrected chi connectivity index (χ0v) is 16.9. The van der Waals surface area contributed by atoms with Crippen molar-refractivity contribution in [3.8, 4) is 11.5 Å². The highest BCUT2D eigenvalue weighted by Gasteiger charge is 2.31. The van der Waals surface area contributed by atoms with Crippen LogP contribution in [0.4, 0.5) is 5.69 Å². The number of nitrogens with zero attached hydrogens (tertiary/aromatic N) is 1. The van der Waals surface area contributed by atoms with Crippen molar-refractivity contribution in [1.82, 2.24) is 0 Å². The monoisotopic (exact) mass is 397 g/mol. The standard InChI is InChI=1S/C22H23NO4S/c1-17(21-11-7-8-12-22(21)27-3)23(18-13-15-19(26-2)16-14-18)28(24,25)20-9-5-4-6-10-20/h4-17H,1-3H3. The third-order valence-corrected chi connectivity index (χ3v) is 6.48. The normalized spacial score (nSPS) is 12.2. The van der Waals surface area contributed by atoms with Gasteiger partial charge in [0.1, 0.15) is 11.5 Å². The van der Waals surface area contributed by atoms with Crippen LogP contribution in [0.2, 0.25) is 0 Å².